The molecule has 9 heteroatoms. The van der Waals surface area contributed by atoms with Gasteiger partial charge in [0.1, 0.15) is 17.3 Å². The number of hydrogen-bond donors (Lipinski definition) is 0. The van der Waals surface area contributed by atoms with Crippen LogP contribution in [0.15, 0.2) is 41.4 Å². The van der Waals surface area contributed by atoms with Gasteiger partial charge in [0.25, 0.3) is 0 Å². The topological polar surface area (TPSA) is 86.7 Å². The van der Waals surface area contributed by atoms with Crippen LogP contribution in [0.2, 0.25) is 0 Å². The van der Waals surface area contributed by atoms with Gasteiger partial charge in [-0.25, -0.2) is 0 Å². The molecule has 0 unspecified atom stereocenters. The number of carbonyl (C=O) groups excluding carboxylic acids is 2. The number of amides is 1. The van der Waals surface area contributed by atoms with Gasteiger partial charge in [0.2, 0.25) is 11.7 Å². The van der Waals surface area contributed by atoms with Gasteiger partial charge < -0.3 is 18.9 Å². The number of hydrogen-bond acceptors (Lipinski definition) is 8. The van der Waals surface area contributed by atoms with E-state index in [-0.39, 0.29) is 24.8 Å². The zero-order valence-corrected chi connectivity index (χ0v) is 21.9. The second-order valence-electron chi connectivity index (χ2n) is 8.17. The van der Waals surface area contributed by atoms with E-state index in [0.29, 0.717) is 39.3 Å². The maximum Gasteiger partial charge on any atom is 0.249 e. The van der Waals surface area contributed by atoms with E-state index in [1.165, 1.54) is 11.3 Å². The summed E-state index contributed by atoms with van der Waals surface area (Å²) in [5.41, 5.74) is 3.69. The number of Topliss-reactive ketones (excluding diaryl/α,β-unsaturated/α-hetero) is 1. The van der Waals surface area contributed by atoms with E-state index in [1.54, 1.807) is 57.6 Å². The molecule has 1 amide bonds. The number of aryl methyl sites for hydroxylation is 1. The Bertz CT molecular complexity index is 1320. The third-order valence-electron chi connectivity index (χ3n) is 6.17. The smallest absolute Gasteiger partial charge is 0.249 e. The lowest BCUT2D eigenvalue weighted by Gasteiger charge is -2.20. The molecule has 0 bridgehead atoms. The van der Waals surface area contributed by atoms with Crippen LogP contribution in [0.25, 0.3) is 0 Å². The predicted molar refractivity (Wildman–Crippen MR) is 140 cm³/mol. The van der Waals surface area contributed by atoms with E-state index >= 15 is 0 Å². The number of rotatable bonds is 8. The summed E-state index contributed by atoms with van der Waals surface area (Å²) in [6.07, 6.45) is 0. The van der Waals surface area contributed by atoms with Crippen molar-refractivity contribution in [1.29, 1.82) is 0 Å². The average molecular weight is 509 g/mol. The summed E-state index contributed by atoms with van der Waals surface area (Å²) >= 11 is 1.48. The lowest BCUT2D eigenvalue weighted by molar-refractivity contribution is -0.117. The molecule has 188 valence electrons. The maximum atomic E-state index is 13.3. The standard InChI is InChI=1S/C27H28N2O6S/c1-15-16(2)36-27-24(15)25(18-11-21(33-4)26(35-6)22(12-18)34-5)28-13-23(31)29(27)14-20(30)17-7-9-19(32-3)10-8-17/h7-12H,13-14H2,1-6H3. The molecule has 3 aromatic rings. The van der Waals surface area contributed by atoms with Gasteiger partial charge in [-0.1, -0.05) is 0 Å². The van der Waals surface area contributed by atoms with Crippen LogP contribution in [0.4, 0.5) is 5.00 Å². The van der Waals surface area contributed by atoms with Gasteiger partial charge in [-0.05, 0) is 55.8 Å². The average Bonchev–Trinajstić information content (AvgIpc) is 3.11. The van der Waals surface area contributed by atoms with Crippen molar-refractivity contribution < 1.29 is 28.5 Å². The molecule has 8 nitrogen and oxygen atoms in total. The fraction of sp³-hybridized carbons (Fsp3) is 0.296. The molecular formula is C27H28N2O6S. The molecule has 2 heterocycles. The number of anilines is 1. The zero-order chi connectivity index (χ0) is 26.0. The summed E-state index contributed by atoms with van der Waals surface area (Å²) in [5.74, 6) is 1.69. The van der Waals surface area contributed by atoms with Crippen molar-refractivity contribution in [3.8, 4) is 23.0 Å². The van der Waals surface area contributed by atoms with Gasteiger partial charge in [-0.3, -0.25) is 19.5 Å². The van der Waals surface area contributed by atoms with E-state index < -0.39 is 0 Å². The van der Waals surface area contributed by atoms with Crippen LogP contribution in [-0.4, -0.2) is 58.9 Å². The molecule has 0 spiro atoms. The van der Waals surface area contributed by atoms with Crippen molar-refractivity contribution in [3.05, 3.63) is 63.5 Å². The number of nitrogens with zero attached hydrogens (tertiary/aromatic N) is 2. The van der Waals surface area contributed by atoms with Gasteiger partial charge >= 0.3 is 0 Å². The Kier molecular flexibility index (Phi) is 7.30. The van der Waals surface area contributed by atoms with Gasteiger partial charge in [-0.2, -0.15) is 0 Å². The Morgan fingerprint density at radius 1 is 0.972 bits per heavy atom. The maximum absolute atomic E-state index is 13.3. The van der Waals surface area contributed by atoms with Crippen molar-refractivity contribution >= 4 is 33.7 Å². The number of ether oxygens (including phenoxy) is 4. The number of fused-ring (bicyclic) bond motifs is 1. The molecule has 0 atom stereocenters. The molecule has 2 aromatic carbocycles. The largest absolute Gasteiger partial charge is 0.497 e. The van der Waals surface area contributed by atoms with Crippen molar-refractivity contribution in [1.82, 2.24) is 0 Å². The van der Waals surface area contributed by atoms with Crippen LogP contribution in [0.3, 0.4) is 0 Å². The highest BCUT2D eigenvalue weighted by atomic mass is 32.1. The highest BCUT2D eigenvalue weighted by Crippen LogP contribution is 2.42. The SMILES string of the molecule is COc1ccc(C(=O)CN2C(=O)CN=C(c3cc(OC)c(OC)c(OC)c3)c3c2sc(C)c3C)cc1. The van der Waals surface area contributed by atoms with Crippen molar-refractivity contribution in [2.45, 2.75) is 13.8 Å². The van der Waals surface area contributed by atoms with Crippen LogP contribution in [-0.2, 0) is 4.79 Å². The molecule has 0 aliphatic carbocycles. The Morgan fingerprint density at radius 3 is 2.17 bits per heavy atom. The second-order valence-corrected chi connectivity index (χ2v) is 9.38. The lowest BCUT2D eigenvalue weighted by atomic mass is 9.99. The molecule has 1 aliphatic heterocycles. The van der Waals surface area contributed by atoms with Crippen LogP contribution >= 0.6 is 11.3 Å². The molecule has 0 N–H and O–H groups in total. The van der Waals surface area contributed by atoms with E-state index in [0.717, 1.165) is 21.6 Å². The van der Waals surface area contributed by atoms with Gasteiger partial charge in [0.05, 0.1) is 40.7 Å². The molecule has 1 aromatic heterocycles. The number of thiophene rings is 1. The van der Waals surface area contributed by atoms with Gasteiger partial charge in [0, 0.05) is 21.6 Å². The summed E-state index contributed by atoms with van der Waals surface area (Å²) in [5, 5.41) is 0.696. The number of ketones is 1. The predicted octanol–water partition coefficient (Wildman–Crippen LogP) is 4.47. The van der Waals surface area contributed by atoms with E-state index in [2.05, 4.69) is 0 Å². The number of carbonyl (C=O) groups is 2. The molecule has 36 heavy (non-hydrogen) atoms. The third-order valence-corrected chi connectivity index (χ3v) is 7.40. The first-order valence-corrected chi connectivity index (χ1v) is 12.1. The third kappa shape index (κ3) is 4.54. The van der Waals surface area contributed by atoms with Gasteiger partial charge in [-0.15, -0.1) is 11.3 Å². The number of methoxy groups -OCH3 is 4. The van der Waals surface area contributed by atoms with Crippen molar-refractivity contribution in [3.63, 3.8) is 0 Å². The summed E-state index contributed by atoms with van der Waals surface area (Å²) in [7, 11) is 6.22. The quantitative estimate of drug-likeness (QED) is 0.418. The first-order chi connectivity index (χ1) is 17.3. The zero-order valence-electron chi connectivity index (χ0n) is 21.1. The fourth-order valence-corrected chi connectivity index (χ4v) is 5.30. The Hall–Kier alpha value is -3.85. The van der Waals surface area contributed by atoms with E-state index in [9.17, 15) is 9.59 Å². The minimum atomic E-state index is -0.248. The minimum Gasteiger partial charge on any atom is -0.497 e. The van der Waals surface area contributed by atoms with Crippen LogP contribution in [0.5, 0.6) is 23.0 Å². The lowest BCUT2D eigenvalue weighted by Crippen LogP contribution is -2.36. The summed E-state index contributed by atoms with van der Waals surface area (Å²) in [6, 6.07) is 10.5. The van der Waals surface area contributed by atoms with Gasteiger partial charge in [0.15, 0.2) is 17.3 Å². The highest BCUT2D eigenvalue weighted by molar-refractivity contribution is 7.17. The van der Waals surface area contributed by atoms with E-state index in [1.807, 2.05) is 26.0 Å². The highest BCUT2D eigenvalue weighted by Gasteiger charge is 2.32. The molecule has 0 fully saturated rings. The second kappa shape index (κ2) is 10.4. The Labute approximate surface area is 214 Å². The molecule has 1 aliphatic rings. The van der Waals surface area contributed by atoms with Crippen LogP contribution < -0.4 is 23.8 Å². The van der Waals surface area contributed by atoms with Crippen LogP contribution in [0.1, 0.15) is 31.9 Å². The first kappa shape index (κ1) is 25.2. The summed E-state index contributed by atoms with van der Waals surface area (Å²) in [4.78, 5) is 33.7. The molecule has 4 rings (SSSR count). The summed E-state index contributed by atoms with van der Waals surface area (Å²) < 4.78 is 21.7. The Morgan fingerprint density at radius 2 is 1.61 bits per heavy atom. The molecule has 0 radical (unpaired) electrons. The summed E-state index contributed by atoms with van der Waals surface area (Å²) in [6.45, 7) is 3.81. The van der Waals surface area contributed by atoms with Crippen LogP contribution in [0, 0.1) is 13.8 Å². The number of benzene rings is 2. The minimum absolute atomic E-state index is 0.0877. The Balaban J connectivity index is 1.79. The first-order valence-electron chi connectivity index (χ1n) is 11.3. The fourth-order valence-electron chi connectivity index (χ4n) is 4.13. The molecule has 0 saturated heterocycles. The molecule has 0 saturated carbocycles. The number of aliphatic imine (C=N–C) groups is 1. The van der Waals surface area contributed by atoms with Crippen molar-refractivity contribution in [2.24, 2.45) is 4.99 Å². The van der Waals surface area contributed by atoms with E-state index in [4.69, 9.17) is 23.9 Å². The van der Waals surface area contributed by atoms with Crippen molar-refractivity contribution in [2.75, 3.05) is 46.4 Å². The monoisotopic (exact) mass is 508 g/mol. The normalized spacial score (nSPS) is 13.0. The molecular weight excluding hydrogens is 480 g/mol.